The molecule has 2 N–H and O–H groups in total. The van der Waals surface area contributed by atoms with Crippen LogP contribution in [0.15, 0.2) is 12.3 Å². The Kier molecular flexibility index (Phi) is 6.78. The Balaban J connectivity index is 1.79. The Morgan fingerprint density at radius 2 is 2.21 bits per heavy atom. The quantitative estimate of drug-likeness (QED) is 0.576. The summed E-state index contributed by atoms with van der Waals surface area (Å²) in [4.78, 5) is 16.1. The maximum atomic E-state index is 11.9. The maximum Gasteiger partial charge on any atom is 0.325 e. The van der Waals surface area contributed by atoms with Gasteiger partial charge in [-0.05, 0) is 19.3 Å². The molecule has 1 aromatic heterocycles. The summed E-state index contributed by atoms with van der Waals surface area (Å²) in [5.41, 5.74) is 0.177. The van der Waals surface area contributed by atoms with Crippen molar-refractivity contribution in [3.05, 3.63) is 18.0 Å². The van der Waals surface area contributed by atoms with Gasteiger partial charge in [-0.1, -0.05) is 37.9 Å². The molecule has 0 radical (unpaired) electrons. The lowest BCUT2D eigenvalue weighted by atomic mass is 10.0. The predicted molar refractivity (Wildman–Crippen MR) is 94.3 cm³/mol. The van der Waals surface area contributed by atoms with Gasteiger partial charge in [0, 0.05) is 12.3 Å². The first-order chi connectivity index (χ1) is 11.5. The molecule has 7 heteroatoms. The largest absolute Gasteiger partial charge is 0.503 e. The van der Waals surface area contributed by atoms with Crippen LogP contribution in [0.3, 0.4) is 0 Å². The van der Waals surface area contributed by atoms with Gasteiger partial charge in [-0.3, -0.25) is 4.79 Å². The molecule has 1 aliphatic rings. The normalized spacial score (nSPS) is 15.8. The zero-order chi connectivity index (χ0) is 17.5. The fraction of sp³-hybridized carbons (Fsp3) is 0.588. The van der Waals surface area contributed by atoms with Crippen molar-refractivity contribution in [1.29, 1.82) is 0 Å². The van der Waals surface area contributed by atoms with Crippen LogP contribution in [-0.2, 0) is 9.53 Å². The molecule has 1 heterocycles. The van der Waals surface area contributed by atoms with Crippen LogP contribution in [0, 0.1) is 5.92 Å². The summed E-state index contributed by atoms with van der Waals surface area (Å²) in [5, 5.41) is 12.8. The van der Waals surface area contributed by atoms with Gasteiger partial charge in [0.2, 0.25) is 0 Å². The van der Waals surface area contributed by atoms with E-state index >= 15 is 0 Å². The SMILES string of the molecule is COc1ccnc(C(=S)NCC(=O)OC(C)CC2CCCC2)c1O. The van der Waals surface area contributed by atoms with E-state index in [2.05, 4.69) is 10.3 Å². The van der Waals surface area contributed by atoms with Crippen molar-refractivity contribution >= 4 is 23.2 Å². The molecule has 132 valence electrons. The zero-order valence-corrected chi connectivity index (χ0v) is 14.9. The number of nitrogens with zero attached hydrogens (tertiary/aromatic N) is 1. The Morgan fingerprint density at radius 3 is 2.88 bits per heavy atom. The molecule has 2 rings (SSSR count). The van der Waals surface area contributed by atoms with E-state index in [9.17, 15) is 9.90 Å². The Hall–Kier alpha value is -1.89. The third kappa shape index (κ3) is 5.06. The summed E-state index contributed by atoms with van der Waals surface area (Å²) in [6.45, 7) is 1.86. The second-order valence-corrected chi connectivity index (χ2v) is 6.49. The van der Waals surface area contributed by atoms with Gasteiger partial charge in [-0.25, -0.2) is 4.98 Å². The van der Waals surface area contributed by atoms with Gasteiger partial charge in [0.15, 0.2) is 11.5 Å². The fourth-order valence-electron chi connectivity index (χ4n) is 3.03. The molecule has 1 aromatic rings. The average Bonchev–Trinajstić information content (AvgIpc) is 3.05. The standard InChI is InChI=1S/C17H24N2O4S/c1-11(9-12-5-3-4-6-12)23-14(20)10-19-17(24)15-16(21)13(22-2)7-8-18-15/h7-8,11-12,21H,3-6,9-10H2,1-2H3,(H,19,24). The van der Waals surface area contributed by atoms with Crippen molar-refractivity contribution in [2.75, 3.05) is 13.7 Å². The lowest BCUT2D eigenvalue weighted by molar-refractivity contribution is -0.147. The van der Waals surface area contributed by atoms with Gasteiger partial charge >= 0.3 is 5.97 Å². The van der Waals surface area contributed by atoms with Gasteiger partial charge in [0.25, 0.3) is 0 Å². The molecule has 1 unspecified atom stereocenters. The molecule has 1 fully saturated rings. The predicted octanol–water partition coefficient (Wildman–Crippen LogP) is 2.57. The van der Waals surface area contributed by atoms with Crippen LogP contribution in [0.1, 0.15) is 44.7 Å². The number of thiocarbonyl (C=S) groups is 1. The molecule has 1 atom stereocenters. The van der Waals surface area contributed by atoms with Gasteiger partial charge in [-0.2, -0.15) is 0 Å². The van der Waals surface area contributed by atoms with Crippen LogP contribution >= 0.6 is 12.2 Å². The summed E-state index contributed by atoms with van der Waals surface area (Å²) >= 11 is 5.17. The molecule has 1 saturated carbocycles. The van der Waals surface area contributed by atoms with Crippen molar-refractivity contribution < 1.29 is 19.4 Å². The molecule has 24 heavy (non-hydrogen) atoms. The Morgan fingerprint density at radius 1 is 1.50 bits per heavy atom. The summed E-state index contributed by atoms with van der Waals surface area (Å²) in [7, 11) is 1.44. The monoisotopic (exact) mass is 352 g/mol. The number of esters is 1. The number of carbonyl (C=O) groups excluding carboxylic acids is 1. The van der Waals surface area contributed by atoms with Crippen molar-refractivity contribution in [3.63, 3.8) is 0 Å². The first-order valence-corrected chi connectivity index (χ1v) is 8.61. The van der Waals surface area contributed by atoms with Gasteiger partial charge in [-0.15, -0.1) is 0 Å². The van der Waals surface area contributed by atoms with Crippen LogP contribution in [0.2, 0.25) is 0 Å². The third-order valence-electron chi connectivity index (χ3n) is 4.19. The van der Waals surface area contributed by atoms with Crippen LogP contribution in [-0.4, -0.2) is 40.8 Å². The minimum atomic E-state index is -0.370. The molecule has 0 aromatic carbocycles. The van der Waals surface area contributed by atoms with E-state index in [1.165, 1.54) is 45.1 Å². The summed E-state index contributed by atoms with van der Waals surface area (Å²) < 4.78 is 10.4. The number of aromatic hydroxyl groups is 1. The van der Waals surface area contributed by atoms with Crippen LogP contribution < -0.4 is 10.1 Å². The molecule has 6 nitrogen and oxygen atoms in total. The average molecular weight is 352 g/mol. The van der Waals surface area contributed by atoms with Crippen LogP contribution in [0.25, 0.3) is 0 Å². The number of ether oxygens (including phenoxy) is 2. The smallest absolute Gasteiger partial charge is 0.325 e. The number of aromatic nitrogens is 1. The van der Waals surface area contributed by atoms with E-state index < -0.39 is 0 Å². The molecule has 0 spiro atoms. The second-order valence-electron chi connectivity index (χ2n) is 6.08. The summed E-state index contributed by atoms with van der Waals surface area (Å²) in [5.74, 6) is 0.419. The molecule has 0 saturated heterocycles. The molecule has 0 aliphatic heterocycles. The minimum Gasteiger partial charge on any atom is -0.503 e. The Bertz CT molecular complexity index is 588. The lowest BCUT2D eigenvalue weighted by Gasteiger charge is -2.17. The second kappa shape index (κ2) is 8.82. The lowest BCUT2D eigenvalue weighted by Crippen LogP contribution is -2.32. The summed E-state index contributed by atoms with van der Waals surface area (Å²) in [6.07, 6.45) is 7.30. The van der Waals surface area contributed by atoms with Crippen molar-refractivity contribution in [3.8, 4) is 11.5 Å². The molecule has 0 bridgehead atoms. The minimum absolute atomic E-state index is 0.0633. The van der Waals surface area contributed by atoms with Crippen LogP contribution in [0.5, 0.6) is 11.5 Å². The van der Waals surface area contributed by atoms with Gasteiger partial charge in [0.1, 0.15) is 17.2 Å². The van der Waals surface area contributed by atoms with Crippen molar-refractivity contribution in [2.45, 2.75) is 45.1 Å². The highest BCUT2D eigenvalue weighted by molar-refractivity contribution is 7.80. The zero-order valence-electron chi connectivity index (χ0n) is 14.1. The van der Waals surface area contributed by atoms with E-state index in [0.717, 1.165) is 6.42 Å². The number of hydrogen-bond acceptors (Lipinski definition) is 6. The highest BCUT2D eigenvalue weighted by Crippen LogP contribution is 2.29. The number of carbonyl (C=O) groups is 1. The number of hydrogen-bond donors (Lipinski definition) is 2. The summed E-state index contributed by atoms with van der Waals surface area (Å²) in [6, 6.07) is 1.53. The van der Waals surface area contributed by atoms with E-state index in [4.69, 9.17) is 21.7 Å². The van der Waals surface area contributed by atoms with Crippen LogP contribution in [0.4, 0.5) is 0 Å². The van der Waals surface area contributed by atoms with Gasteiger partial charge < -0.3 is 19.9 Å². The van der Waals surface area contributed by atoms with Crippen molar-refractivity contribution in [1.82, 2.24) is 10.3 Å². The van der Waals surface area contributed by atoms with E-state index in [0.29, 0.717) is 5.92 Å². The molecule has 0 amide bonds. The molecule has 1 aliphatic carbocycles. The molecular formula is C17H24N2O4S. The van der Waals surface area contributed by atoms with E-state index in [1.807, 2.05) is 6.92 Å². The topological polar surface area (TPSA) is 80.7 Å². The number of rotatable bonds is 7. The highest BCUT2D eigenvalue weighted by atomic mass is 32.1. The highest BCUT2D eigenvalue weighted by Gasteiger charge is 2.20. The fourth-order valence-corrected chi connectivity index (χ4v) is 3.25. The Labute approximate surface area is 147 Å². The first kappa shape index (κ1) is 18.4. The molecular weight excluding hydrogens is 328 g/mol. The third-order valence-corrected chi connectivity index (χ3v) is 4.53. The van der Waals surface area contributed by atoms with Crippen molar-refractivity contribution in [2.24, 2.45) is 5.92 Å². The first-order valence-electron chi connectivity index (χ1n) is 8.21. The number of pyridine rings is 1. The van der Waals surface area contributed by atoms with E-state index in [1.54, 1.807) is 0 Å². The van der Waals surface area contributed by atoms with Gasteiger partial charge in [0.05, 0.1) is 13.2 Å². The maximum absolute atomic E-state index is 11.9. The number of nitrogens with one attached hydrogen (secondary N) is 1. The number of methoxy groups -OCH3 is 1. The van der Waals surface area contributed by atoms with E-state index in [-0.39, 0.29) is 40.8 Å².